The normalized spacial score (nSPS) is 27.8. The van der Waals surface area contributed by atoms with E-state index in [1.165, 1.54) is 0 Å². The molecule has 1 N–H and O–H groups in total. The fourth-order valence-electron chi connectivity index (χ4n) is 1.64. The fraction of sp³-hybridized carbons (Fsp3) is 0.900. The number of nitrogens with one attached hydrogen (secondary N) is 1. The van der Waals surface area contributed by atoms with E-state index in [4.69, 9.17) is 0 Å². The number of rotatable bonds is 3. The van der Waals surface area contributed by atoms with Gasteiger partial charge in [0.15, 0.2) is 0 Å². The minimum atomic E-state index is 0.00602. The maximum Gasteiger partial charge on any atom is 0.240 e. The Morgan fingerprint density at radius 1 is 1.62 bits per heavy atom. The van der Waals surface area contributed by atoms with Gasteiger partial charge in [-0.2, -0.15) is 0 Å². The van der Waals surface area contributed by atoms with Crippen molar-refractivity contribution in [2.75, 3.05) is 6.67 Å². The van der Waals surface area contributed by atoms with Gasteiger partial charge in [-0.05, 0) is 19.8 Å². The molecule has 0 bridgehead atoms. The van der Waals surface area contributed by atoms with Crippen molar-refractivity contribution in [1.29, 1.82) is 0 Å². The van der Waals surface area contributed by atoms with Crippen LogP contribution in [0.2, 0.25) is 0 Å². The third-order valence-electron chi connectivity index (χ3n) is 3.18. The molecule has 1 heterocycles. The largest absolute Gasteiger partial charge is 0.326 e. The molecule has 0 radical (unpaired) electrons. The first-order valence-corrected chi connectivity index (χ1v) is 5.11. The molecule has 1 rings (SSSR count). The summed E-state index contributed by atoms with van der Waals surface area (Å²) in [6, 6.07) is 0.362. The van der Waals surface area contributed by atoms with E-state index in [2.05, 4.69) is 26.1 Å². The minimum absolute atomic E-state index is 0.00602. The lowest BCUT2D eigenvalue weighted by Gasteiger charge is -2.28. The van der Waals surface area contributed by atoms with Gasteiger partial charge in [0.2, 0.25) is 5.91 Å². The molecule has 1 amide bonds. The van der Waals surface area contributed by atoms with Gasteiger partial charge in [0.25, 0.3) is 0 Å². The summed E-state index contributed by atoms with van der Waals surface area (Å²) in [6.45, 7) is 9.13. The second-order valence-corrected chi connectivity index (χ2v) is 4.02. The summed E-state index contributed by atoms with van der Waals surface area (Å²) < 4.78 is 0. The van der Waals surface area contributed by atoms with Crippen molar-refractivity contribution in [1.82, 2.24) is 10.2 Å². The number of hydrogen-bond acceptors (Lipinski definition) is 2. The third kappa shape index (κ3) is 2.02. The molecule has 1 fully saturated rings. The second-order valence-electron chi connectivity index (χ2n) is 4.02. The van der Waals surface area contributed by atoms with Crippen molar-refractivity contribution in [3.8, 4) is 0 Å². The van der Waals surface area contributed by atoms with E-state index in [-0.39, 0.29) is 11.9 Å². The Balaban J connectivity index is 2.57. The van der Waals surface area contributed by atoms with E-state index in [0.29, 0.717) is 18.6 Å². The molecule has 0 aromatic carbocycles. The number of hydrogen-bond donors (Lipinski definition) is 1. The van der Waals surface area contributed by atoms with Crippen molar-refractivity contribution in [3.63, 3.8) is 0 Å². The van der Waals surface area contributed by atoms with Crippen LogP contribution in [0.4, 0.5) is 0 Å². The van der Waals surface area contributed by atoms with Crippen LogP contribution in [0.15, 0.2) is 0 Å². The van der Waals surface area contributed by atoms with Crippen LogP contribution in [0, 0.1) is 5.92 Å². The molecule has 3 heteroatoms. The Kier molecular flexibility index (Phi) is 3.31. The molecule has 3 nitrogen and oxygen atoms in total. The lowest BCUT2D eigenvalue weighted by Crippen LogP contribution is -2.40. The summed E-state index contributed by atoms with van der Waals surface area (Å²) in [7, 11) is 0. The van der Waals surface area contributed by atoms with Crippen LogP contribution in [0.1, 0.15) is 34.1 Å². The average Bonchev–Trinajstić information content (AvgIpc) is 2.45. The van der Waals surface area contributed by atoms with Crippen LogP contribution in [0.25, 0.3) is 0 Å². The highest BCUT2D eigenvalue weighted by atomic mass is 16.2. The standard InChI is InChI=1S/C10H20N2O/c1-5-7(2)9(4)12-6-11-8(3)10(12)13/h7-9,11H,5-6H2,1-4H3. The SMILES string of the molecule is CCC(C)C(C)N1CNC(C)C1=O. The van der Waals surface area contributed by atoms with Crippen LogP contribution in [0.3, 0.4) is 0 Å². The third-order valence-corrected chi connectivity index (χ3v) is 3.18. The van der Waals surface area contributed by atoms with Crippen LogP contribution in [0.5, 0.6) is 0 Å². The Hall–Kier alpha value is -0.570. The summed E-state index contributed by atoms with van der Waals surface area (Å²) in [5.74, 6) is 0.823. The van der Waals surface area contributed by atoms with Gasteiger partial charge in [-0.3, -0.25) is 10.1 Å². The first kappa shape index (κ1) is 10.5. The van der Waals surface area contributed by atoms with Crippen LogP contribution >= 0.6 is 0 Å². The number of amides is 1. The Bertz CT molecular complexity index is 193. The van der Waals surface area contributed by atoms with E-state index in [1.807, 2.05) is 11.8 Å². The van der Waals surface area contributed by atoms with Crippen molar-refractivity contribution in [3.05, 3.63) is 0 Å². The first-order chi connectivity index (χ1) is 6.07. The summed E-state index contributed by atoms with van der Waals surface area (Å²) in [5.41, 5.74) is 0. The van der Waals surface area contributed by atoms with Crippen molar-refractivity contribution in [2.45, 2.75) is 46.2 Å². The first-order valence-electron chi connectivity index (χ1n) is 5.11. The summed E-state index contributed by atoms with van der Waals surface area (Å²) in [4.78, 5) is 13.6. The number of carbonyl (C=O) groups is 1. The molecule has 1 saturated heterocycles. The predicted molar refractivity (Wildman–Crippen MR) is 53.2 cm³/mol. The Morgan fingerprint density at radius 3 is 2.62 bits per heavy atom. The average molecular weight is 184 g/mol. The van der Waals surface area contributed by atoms with Gasteiger partial charge in [-0.15, -0.1) is 0 Å². The quantitative estimate of drug-likeness (QED) is 0.714. The smallest absolute Gasteiger partial charge is 0.240 e. The van der Waals surface area contributed by atoms with Gasteiger partial charge in [-0.25, -0.2) is 0 Å². The predicted octanol–water partition coefficient (Wildman–Crippen LogP) is 1.20. The molecular formula is C10H20N2O. The summed E-state index contributed by atoms with van der Waals surface area (Å²) in [6.07, 6.45) is 1.12. The lowest BCUT2D eigenvalue weighted by molar-refractivity contribution is -0.131. The van der Waals surface area contributed by atoms with E-state index >= 15 is 0 Å². The molecule has 0 aromatic rings. The minimum Gasteiger partial charge on any atom is -0.326 e. The van der Waals surface area contributed by atoms with E-state index in [0.717, 1.165) is 6.42 Å². The molecule has 13 heavy (non-hydrogen) atoms. The lowest BCUT2D eigenvalue weighted by atomic mass is 9.99. The molecule has 0 saturated carbocycles. The topological polar surface area (TPSA) is 32.3 Å². The molecule has 3 atom stereocenters. The van der Waals surface area contributed by atoms with E-state index < -0.39 is 0 Å². The van der Waals surface area contributed by atoms with Crippen LogP contribution in [-0.4, -0.2) is 29.6 Å². The maximum absolute atomic E-state index is 11.6. The Morgan fingerprint density at radius 2 is 2.23 bits per heavy atom. The number of nitrogens with zero attached hydrogens (tertiary/aromatic N) is 1. The molecule has 0 aromatic heterocycles. The van der Waals surface area contributed by atoms with Crippen LogP contribution in [-0.2, 0) is 4.79 Å². The highest BCUT2D eigenvalue weighted by molar-refractivity contribution is 5.83. The fourth-order valence-corrected chi connectivity index (χ4v) is 1.64. The molecule has 3 unspecified atom stereocenters. The molecule has 1 aliphatic rings. The van der Waals surface area contributed by atoms with Crippen molar-refractivity contribution in [2.24, 2.45) is 5.92 Å². The number of carbonyl (C=O) groups excluding carboxylic acids is 1. The monoisotopic (exact) mass is 184 g/mol. The zero-order chi connectivity index (χ0) is 10.0. The van der Waals surface area contributed by atoms with E-state index in [9.17, 15) is 4.79 Å². The van der Waals surface area contributed by atoms with Gasteiger partial charge >= 0.3 is 0 Å². The van der Waals surface area contributed by atoms with Gasteiger partial charge in [-0.1, -0.05) is 20.3 Å². The van der Waals surface area contributed by atoms with Crippen molar-refractivity contribution < 1.29 is 4.79 Å². The Labute approximate surface area is 80.5 Å². The molecule has 76 valence electrons. The highest BCUT2D eigenvalue weighted by Gasteiger charge is 2.32. The molecule has 0 spiro atoms. The zero-order valence-corrected chi connectivity index (χ0v) is 9.00. The van der Waals surface area contributed by atoms with Gasteiger partial charge < -0.3 is 4.90 Å². The second kappa shape index (κ2) is 4.09. The van der Waals surface area contributed by atoms with Gasteiger partial charge in [0, 0.05) is 6.04 Å². The van der Waals surface area contributed by atoms with Crippen LogP contribution < -0.4 is 5.32 Å². The molecular weight excluding hydrogens is 164 g/mol. The summed E-state index contributed by atoms with van der Waals surface area (Å²) >= 11 is 0. The van der Waals surface area contributed by atoms with Gasteiger partial charge in [0.05, 0.1) is 12.7 Å². The highest BCUT2D eigenvalue weighted by Crippen LogP contribution is 2.17. The molecule has 1 aliphatic heterocycles. The zero-order valence-electron chi connectivity index (χ0n) is 9.00. The van der Waals surface area contributed by atoms with Gasteiger partial charge in [0.1, 0.15) is 0 Å². The summed E-state index contributed by atoms with van der Waals surface area (Å²) in [5, 5.41) is 3.16. The maximum atomic E-state index is 11.6. The molecule has 0 aliphatic carbocycles. The van der Waals surface area contributed by atoms with E-state index in [1.54, 1.807) is 0 Å². The van der Waals surface area contributed by atoms with Crippen molar-refractivity contribution >= 4 is 5.91 Å².